The van der Waals surface area contributed by atoms with Crippen LogP contribution in [0.3, 0.4) is 0 Å². The number of para-hydroxylation sites is 1. The topological polar surface area (TPSA) is 76.4 Å². The van der Waals surface area contributed by atoms with Crippen molar-refractivity contribution in [2.24, 2.45) is 0 Å². The van der Waals surface area contributed by atoms with E-state index >= 15 is 0 Å². The predicted molar refractivity (Wildman–Crippen MR) is 131 cm³/mol. The second kappa shape index (κ2) is 10.4. The van der Waals surface area contributed by atoms with Gasteiger partial charge in [-0.15, -0.1) is 11.3 Å². The summed E-state index contributed by atoms with van der Waals surface area (Å²) in [4.78, 5) is 4.63. The number of nitrogens with one attached hydrogen (secondary N) is 1. The van der Waals surface area contributed by atoms with Gasteiger partial charge in [0.2, 0.25) is 0 Å². The summed E-state index contributed by atoms with van der Waals surface area (Å²) in [5, 5.41) is 15.3. The maximum atomic E-state index is 9.65. The van der Waals surface area contributed by atoms with E-state index in [0.29, 0.717) is 22.1 Å². The molecular formula is C26H21N3O3S. The van der Waals surface area contributed by atoms with Crippen molar-refractivity contribution in [2.45, 2.75) is 0 Å². The van der Waals surface area contributed by atoms with E-state index in [-0.39, 0.29) is 0 Å². The molecule has 0 bridgehead atoms. The van der Waals surface area contributed by atoms with Crippen LogP contribution < -0.4 is 19.5 Å². The van der Waals surface area contributed by atoms with E-state index in [0.717, 1.165) is 28.4 Å². The second-order valence-corrected chi connectivity index (χ2v) is 7.72. The fraction of sp³-hybridized carbons (Fsp3) is 0.0769. The fourth-order valence-corrected chi connectivity index (χ4v) is 3.86. The summed E-state index contributed by atoms with van der Waals surface area (Å²) in [5.41, 5.74) is 2.92. The number of benzene rings is 3. The molecule has 7 heteroatoms. The normalized spacial score (nSPS) is 10.9. The molecule has 4 aromatic rings. The molecule has 1 aromatic heterocycles. The molecule has 0 aliphatic heterocycles. The van der Waals surface area contributed by atoms with Gasteiger partial charge in [-0.05, 0) is 54.6 Å². The molecule has 0 aliphatic rings. The van der Waals surface area contributed by atoms with Crippen LogP contribution in [0.15, 0.2) is 84.4 Å². The van der Waals surface area contributed by atoms with Gasteiger partial charge in [-0.2, -0.15) is 5.26 Å². The lowest BCUT2D eigenvalue weighted by molar-refractivity contribution is 0.355. The smallest absolute Gasteiger partial charge is 0.161 e. The lowest BCUT2D eigenvalue weighted by atomic mass is 10.1. The van der Waals surface area contributed by atoms with E-state index in [4.69, 9.17) is 14.2 Å². The summed E-state index contributed by atoms with van der Waals surface area (Å²) in [7, 11) is 3.19. The van der Waals surface area contributed by atoms with E-state index < -0.39 is 0 Å². The minimum absolute atomic E-state index is 0.441. The molecule has 33 heavy (non-hydrogen) atoms. The van der Waals surface area contributed by atoms with Crippen molar-refractivity contribution >= 4 is 22.6 Å². The molecule has 164 valence electrons. The van der Waals surface area contributed by atoms with Crippen molar-refractivity contribution in [3.63, 3.8) is 0 Å². The SMILES string of the molecule is COc1ccc(-c2csc(/C(C#N)=C/Nc3ccc(Oc4ccccc4)cc3)n2)cc1OC. The Hall–Kier alpha value is -4.28. The Labute approximate surface area is 196 Å². The van der Waals surface area contributed by atoms with Gasteiger partial charge >= 0.3 is 0 Å². The maximum Gasteiger partial charge on any atom is 0.161 e. The first-order valence-electron chi connectivity index (χ1n) is 10.1. The zero-order valence-corrected chi connectivity index (χ0v) is 18.9. The van der Waals surface area contributed by atoms with Gasteiger partial charge in [0.25, 0.3) is 0 Å². The van der Waals surface area contributed by atoms with Crippen molar-refractivity contribution in [1.82, 2.24) is 4.98 Å². The monoisotopic (exact) mass is 455 g/mol. The highest BCUT2D eigenvalue weighted by Gasteiger charge is 2.12. The summed E-state index contributed by atoms with van der Waals surface area (Å²) in [6.45, 7) is 0. The molecule has 0 unspecified atom stereocenters. The van der Waals surface area contributed by atoms with Crippen molar-refractivity contribution < 1.29 is 14.2 Å². The Morgan fingerprint density at radius 1 is 0.939 bits per heavy atom. The third kappa shape index (κ3) is 5.32. The van der Waals surface area contributed by atoms with Crippen LogP contribution in [0.25, 0.3) is 16.8 Å². The summed E-state index contributed by atoms with van der Waals surface area (Å²) in [6, 6.07) is 24.9. The number of aromatic nitrogens is 1. The molecule has 0 fully saturated rings. The molecule has 0 spiro atoms. The fourth-order valence-electron chi connectivity index (χ4n) is 3.07. The van der Waals surface area contributed by atoms with E-state index in [1.54, 1.807) is 20.4 Å². The van der Waals surface area contributed by atoms with Crippen LogP contribution >= 0.6 is 11.3 Å². The standard InChI is InChI=1S/C26H21N3O3S/c1-30-24-13-8-18(14-25(24)31-2)23-17-33-26(29-23)19(15-27)16-28-20-9-11-22(12-10-20)32-21-6-4-3-5-7-21/h3-14,16-17,28H,1-2H3/b19-16+. The summed E-state index contributed by atoms with van der Waals surface area (Å²) >= 11 is 1.41. The molecule has 0 atom stereocenters. The lowest BCUT2D eigenvalue weighted by Gasteiger charge is -2.08. The number of thiazole rings is 1. The predicted octanol–water partition coefficient (Wildman–Crippen LogP) is 6.60. The van der Waals surface area contributed by atoms with Gasteiger partial charge in [0, 0.05) is 22.8 Å². The van der Waals surface area contributed by atoms with Gasteiger partial charge in [-0.25, -0.2) is 4.98 Å². The summed E-state index contributed by atoms with van der Waals surface area (Å²) in [6.07, 6.45) is 1.66. The van der Waals surface area contributed by atoms with Gasteiger partial charge in [-0.3, -0.25) is 0 Å². The number of nitriles is 1. The third-order valence-corrected chi connectivity index (χ3v) is 5.63. The molecule has 0 aliphatic carbocycles. The maximum absolute atomic E-state index is 9.65. The van der Waals surface area contributed by atoms with E-state index in [1.165, 1.54) is 11.3 Å². The second-order valence-electron chi connectivity index (χ2n) is 6.86. The Bertz CT molecular complexity index is 1290. The van der Waals surface area contributed by atoms with E-state index in [1.807, 2.05) is 78.2 Å². The van der Waals surface area contributed by atoms with Gasteiger partial charge < -0.3 is 19.5 Å². The number of methoxy groups -OCH3 is 2. The molecule has 4 rings (SSSR count). The third-order valence-electron chi connectivity index (χ3n) is 4.75. The molecule has 0 amide bonds. The van der Waals surface area contributed by atoms with Crippen LogP contribution in [0.5, 0.6) is 23.0 Å². The first-order valence-corrected chi connectivity index (χ1v) is 11.0. The quantitative estimate of drug-likeness (QED) is 0.302. The van der Waals surface area contributed by atoms with Gasteiger partial charge in [0.05, 0.1) is 19.9 Å². The zero-order valence-electron chi connectivity index (χ0n) is 18.1. The number of ether oxygens (including phenoxy) is 3. The number of nitrogens with zero attached hydrogens (tertiary/aromatic N) is 2. The van der Waals surface area contributed by atoms with Crippen LogP contribution in [0, 0.1) is 11.3 Å². The zero-order chi connectivity index (χ0) is 23.0. The highest BCUT2D eigenvalue weighted by Crippen LogP contribution is 2.33. The molecule has 0 saturated carbocycles. The molecule has 0 radical (unpaired) electrons. The van der Waals surface area contributed by atoms with Crippen LogP contribution in [-0.4, -0.2) is 19.2 Å². The Morgan fingerprint density at radius 2 is 1.67 bits per heavy atom. The average molecular weight is 456 g/mol. The van der Waals surface area contributed by atoms with Crippen LogP contribution in [0.1, 0.15) is 5.01 Å². The first-order chi connectivity index (χ1) is 16.2. The molecule has 6 nitrogen and oxygen atoms in total. The van der Waals surface area contributed by atoms with Crippen molar-refractivity contribution in [3.05, 3.63) is 89.4 Å². The Balaban J connectivity index is 1.46. The average Bonchev–Trinajstić information content (AvgIpc) is 3.36. The van der Waals surface area contributed by atoms with Crippen molar-refractivity contribution in [2.75, 3.05) is 19.5 Å². The van der Waals surface area contributed by atoms with Crippen molar-refractivity contribution in [3.8, 4) is 40.3 Å². The summed E-state index contributed by atoms with van der Waals surface area (Å²) < 4.78 is 16.5. The molecule has 1 heterocycles. The number of allylic oxidation sites excluding steroid dienone is 1. The molecule has 1 N–H and O–H groups in total. The minimum atomic E-state index is 0.441. The van der Waals surface area contributed by atoms with E-state index in [9.17, 15) is 5.26 Å². The Morgan fingerprint density at radius 3 is 2.36 bits per heavy atom. The van der Waals surface area contributed by atoms with Gasteiger partial charge in [0.15, 0.2) is 11.5 Å². The van der Waals surface area contributed by atoms with Crippen LogP contribution in [-0.2, 0) is 0 Å². The van der Waals surface area contributed by atoms with Crippen LogP contribution in [0.4, 0.5) is 5.69 Å². The highest BCUT2D eigenvalue weighted by atomic mass is 32.1. The van der Waals surface area contributed by atoms with Crippen LogP contribution in [0.2, 0.25) is 0 Å². The van der Waals surface area contributed by atoms with Crippen molar-refractivity contribution in [1.29, 1.82) is 5.26 Å². The first kappa shape index (κ1) is 21.9. The molecular weight excluding hydrogens is 434 g/mol. The number of rotatable bonds is 8. The van der Waals surface area contributed by atoms with Gasteiger partial charge in [-0.1, -0.05) is 18.2 Å². The number of hydrogen-bond acceptors (Lipinski definition) is 7. The van der Waals surface area contributed by atoms with E-state index in [2.05, 4.69) is 16.4 Å². The lowest BCUT2D eigenvalue weighted by Crippen LogP contribution is -1.92. The number of hydrogen-bond donors (Lipinski definition) is 1. The molecule has 0 saturated heterocycles. The Kier molecular flexibility index (Phi) is 6.88. The van der Waals surface area contributed by atoms with Gasteiger partial charge in [0.1, 0.15) is 28.1 Å². The minimum Gasteiger partial charge on any atom is -0.493 e. The summed E-state index contributed by atoms with van der Waals surface area (Å²) in [5.74, 6) is 2.79. The largest absolute Gasteiger partial charge is 0.493 e. The molecule has 3 aromatic carbocycles. The number of anilines is 1. The highest BCUT2D eigenvalue weighted by molar-refractivity contribution is 7.11.